The van der Waals surface area contributed by atoms with Crippen molar-refractivity contribution in [2.75, 3.05) is 13.2 Å². The number of hydrogen-bond donors (Lipinski definition) is 1. The number of aromatic nitrogens is 2. The zero-order valence-corrected chi connectivity index (χ0v) is 11.2. The summed E-state index contributed by atoms with van der Waals surface area (Å²) in [6.07, 6.45) is 2.24. The van der Waals surface area contributed by atoms with E-state index in [-0.39, 0.29) is 12.6 Å². The average Bonchev–Trinajstić information content (AvgIpc) is 2.87. The fourth-order valence-electron chi connectivity index (χ4n) is 2.78. The summed E-state index contributed by atoms with van der Waals surface area (Å²) >= 11 is 0. The molecule has 1 aromatic carbocycles. The van der Waals surface area contributed by atoms with Gasteiger partial charge in [-0.15, -0.1) is 0 Å². The number of aryl methyl sites for hydroxylation is 1. The maximum Gasteiger partial charge on any atom is 0.0890 e. The second kappa shape index (κ2) is 5.23. The van der Waals surface area contributed by atoms with Crippen LogP contribution < -0.4 is 0 Å². The van der Waals surface area contributed by atoms with E-state index in [0.717, 1.165) is 48.4 Å². The minimum absolute atomic E-state index is 0.236. The Bertz CT molecular complexity index is 585. The first-order valence-electron chi connectivity index (χ1n) is 6.85. The summed E-state index contributed by atoms with van der Waals surface area (Å²) in [5, 5.41) is 9.38. The van der Waals surface area contributed by atoms with Crippen molar-refractivity contribution in [2.24, 2.45) is 0 Å². The van der Waals surface area contributed by atoms with Crippen LogP contribution in [0, 0.1) is 6.92 Å². The molecule has 0 spiro atoms. The van der Waals surface area contributed by atoms with Crippen LogP contribution in [0.1, 0.15) is 24.2 Å². The molecule has 19 heavy (non-hydrogen) atoms. The molecular formula is C15H19N3O. The van der Waals surface area contributed by atoms with Crippen molar-refractivity contribution in [3.8, 4) is 0 Å². The zero-order valence-electron chi connectivity index (χ0n) is 11.2. The van der Waals surface area contributed by atoms with E-state index in [4.69, 9.17) is 4.98 Å². The fraction of sp³-hybridized carbons (Fsp3) is 0.467. The van der Waals surface area contributed by atoms with E-state index in [1.807, 2.05) is 31.2 Å². The van der Waals surface area contributed by atoms with E-state index < -0.39 is 0 Å². The highest BCUT2D eigenvalue weighted by Gasteiger charge is 2.24. The van der Waals surface area contributed by atoms with Crippen molar-refractivity contribution in [3.05, 3.63) is 35.7 Å². The molecule has 0 bridgehead atoms. The van der Waals surface area contributed by atoms with Crippen LogP contribution in [-0.2, 0) is 6.54 Å². The molecule has 1 N–H and O–H groups in total. The SMILES string of the molecule is Cc1nc2ccccc2nc1CN1CCCC1CO. The molecular weight excluding hydrogens is 238 g/mol. The van der Waals surface area contributed by atoms with Crippen LogP contribution in [0.5, 0.6) is 0 Å². The van der Waals surface area contributed by atoms with Gasteiger partial charge in [0.2, 0.25) is 0 Å². The predicted octanol–water partition coefficient (Wildman–Crippen LogP) is 1.89. The Labute approximate surface area is 113 Å². The number of benzene rings is 1. The van der Waals surface area contributed by atoms with E-state index in [0.29, 0.717) is 0 Å². The summed E-state index contributed by atoms with van der Waals surface area (Å²) in [5.41, 5.74) is 3.91. The highest BCUT2D eigenvalue weighted by Crippen LogP contribution is 2.21. The third-order valence-corrected chi connectivity index (χ3v) is 3.91. The average molecular weight is 257 g/mol. The lowest BCUT2D eigenvalue weighted by atomic mass is 10.2. The van der Waals surface area contributed by atoms with Crippen molar-refractivity contribution in [3.63, 3.8) is 0 Å². The first-order valence-corrected chi connectivity index (χ1v) is 6.85. The quantitative estimate of drug-likeness (QED) is 0.912. The number of rotatable bonds is 3. The lowest BCUT2D eigenvalue weighted by Gasteiger charge is -2.22. The maximum absolute atomic E-state index is 9.38. The molecule has 0 radical (unpaired) electrons. The Morgan fingerprint density at radius 3 is 2.74 bits per heavy atom. The number of aliphatic hydroxyl groups excluding tert-OH is 1. The number of aliphatic hydroxyl groups is 1. The van der Waals surface area contributed by atoms with Gasteiger partial charge in [0.15, 0.2) is 0 Å². The standard InChI is InChI=1S/C15H19N3O/c1-11-15(9-18-8-4-5-12(18)10-19)17-14-7-3-2-6-13(14)16-11/h2-3,6-7,12,19H,4-5,8-10H2,1H3. The van der Waals surface area contributed by atoms with Gasteiger partial charge in [0.25, 0.3) is 0 Å². The van der Waals surface area contributed by atoms with Crippen LogP contribution >= 0.6 is 0 Å². The summed E-state index contributed by atoms with van der Waals surface area (Å²) in [6, 6.07) is 8.25. The number of likely N-dealkylation sites (tertiary alicyclic amines) is 1. The highest BCUT2D eigenvalue weighted by atomic mass is 16.3. The Kier molecular flexibility index (Phi) is 3.44. The van der Waals surface area contributed by atoms with E-state index in [9.17, 15) is 5.11 Å². The molecule has 1 aliphatic rings. The van der Waals surface area contributed by atoms with Gasteiger partial charge in [-0.3, -0.25) is 4.90 Å². The van der Waals surface area contributed by atoms with Crippen molar-refractivity contribution in [1.82, 2.24) is 14.9 Å². The third kappa shape index (κ3) is 2.46. The van der Waals surface area contributed by atoms with Crippen LogP contribution in [0.25, 0.3) is 11.0 Å². The van der Waals surface area contributed by atoms with E-state index in [2.05, 4.69) is 9.88 Å². The molecule has 0 saturated carbocycles. The van der Waals surface area contributed by atoms with Gasteiger partial charge in [0.05, 0.1) is 29.0 Å². The number of para-hydroxylation sites is 2. The largest absolute Gasteiger partial charge is 0.395 e. The van der Waals surface area contributed by atoms with Gasteiger partial charge in [0.1, 0.15) is 0 Å². The summed E-state index contributed by atoms with van der Waals surface area (Å²) in [5.74, 6) is 0. The molecule has 1 fully saturated rings. The van der Waals surface area contributed by atoms with Gasteiger partial charge in [-0.1, -0.05) is 12.1 Å². The molecule has 4 nitrogen and oxygen atoms in total. The molecule has 2 heterocycles. The topological polar surface area (TPSA) is 49.2 Å². The normalized spacial score (nSPS) is 20.2. The third-order valence-electron chi connectivity index (χ3n) is 3.91. The van der Waals surface area contributed by atoms with Gasteiger partial charge in [-0.2, -0.15) is 0 Å². The van der Waals surface area contributed by atoms with E-state index >= 15 is 0 Å². The second-order valence-corrected chi connectivity index (χ2v) is 5.19. The Hall–Kier alpha value is -1.52. The molecule has 100 valence electrons. The minimum Gasteiger partial charge on any atom is -0.395 e. The fourth-order valence-corrected chi connectivity index (χ4v) is 2.78. The van der Waals surface area contributed by atoms with Gasteiger partial charge < -0.3 is 5.11 Å². The summed E-state index contributed by atoms with van der Waals surface area (Å²) in [7, 11) is 0. The van der Waals surface area contributed by atoms with Crippen LogP contribution in [-0.4, -0.2) is 39.2 Å². The lowest BCUT2D eigenvalue weighted by Crippen LogP contribution is -2.32. The monoisotopic (exact) mass is 257 g/mol. The molecule has 2 aromatic rings. The summed E-state index contributed by atoms with van der Waals surface area (Å²) < 4.78 is 0. The molecule has 0 aliphatic carbocycles. The Balaban J connectivity index is 1.90. The van der Waals surface area contributed by atoms with Crippen LogP contribution in [0.15, 0.2) is 24.3 Å². The van der Waals surface area contributed by atoms with Gasteiger partial charge in [0, 0.05) is 12.6 Å². The van der Waals surface area contributed by atoms with Crippen molar-refractivity contribution < 1.29 is 5.11 Å². The number of nitrogens with zero attached hydrogens (tertiary/aromatic N) is 3. The predicted molar refractivity (Wildman–Crippen MR) is 74.8 cm³/mol. The molecule has 1 saturated heterocycles. The molecule has 1 unspecified atom stereocenters. The van der Waals surface area contributed by atoms with Crippen molar-refractivity contribution in [2.45, 2.75) is 32.4 Å². The van der Waals surface area contributed by atoms with Crippen molar-refractivity contribution in [1.29, 1.82) is 0 Å². The molecule has 1 aromatic heterocycles. The lowest BCUT2D eigenvalue weighted by molar-refractivity contribution is 0.152. The second-order valence-electron chi connectivity index (χ2n) is 5.19. The number of fused-ring (bicyclic) bond motifs is 1. The molecule has 4 heteroatoms. The molecule has 1 aliphatic heterocycles. The smallest absolute Gasteiger partial charge is 0.0890 e. The molecule has 3 rings (SSSR count). The van der Waals surface area contributed by atoms with Crippen LogP contribution in [0.4, 0.5) is 0 Å². The zero-order chi connectivity index (χ0) is 13.2. The van der Waals surface area contributed by atoms with Crippen molar-refractivity contribution >= 4 is 11.0 Å². The van der Waals surface area contributed by atoms with Crippen LogP contribution in [0.3, 0.4) is 0 Å². The first-order chi connectivity index (χ1) is 9.28. The van der Waals surface area contributed by atoms with Crippen LogP contribution in [0.2, 0.25) is 0 Å². The maximum atomic E-state index is 9.38. The van der Waals surface area contributed by atoms with E-state index in [1.54, 1.807) is 0 Å². The molecule has 0 amide bonds. The summed E-state index contributed by atoms with van der Waals surface area (Å²) in [6.45, 7) is 4.08. The number of hydrogen-bond acceptors (Lipinski definition) is 4. The Morgan fingerprint density at radius 2 is 2.00 bits per heavy atom. The minimum atomic E-state index is 0.236. The summed E-state index contributed by atoms with van der Waals surface area (Å²) in [4.78, 5) is 11.6. The van der Waals surface area contributed by atoms with Gasteiger partial charge in [-0.05, 0) is 38.4 Å². The first kappa shape index (κ1) is 12.5. The van der Waals surface area contributed by atoms with Gasteiger partial charge >= 0.3 is 0 Å². The van der Waals surface area contributed by atoms with Gasteiger partial charge in [-0.25, -0.2) is 9.97 Å². The Morgan fingerprint density at radius 1 is 1.26 bits per heavy atom. The highest BCUT2D eigenvalue weighted by molar-refractivity contribution is 5.74. The molecule has 1 atom stereocenters. The van der Waals surface area contributed by atoms with E-state index in [1.165, 1.54) is 0 Å².